The van der Waals surface area contributed by atoms with Gasteiger partial charge in [0.1, 0.15) is 5.69 Å². The summed E-state index contributed by atoms with van der Waals surface area (Å²) in [5.41, 5.74) is 1.23. The zero-order chi connectivity index (χ0) is 11.7. The van der Waals surface area contributed by atoms with E-state index in [2.05, 4.69) is 15.3 Å². The summed E-state index contributed by atoms with van der Waals surface area (Å²) in [5.74, 6) is 0. The molecule has 0 saturated carbocycles. The van der Waals surface area contributed by atoms with Gasteiger partial charge in [-0.3, -0.25) is 9.89 Å². The molecule has 0 bridgehead atoms. The first kappa shape index (κ1) is 10.5. The van der Waals surface area contributed by atoms with E-state index in [0.29, 0.717) is 11.3 Å². The van der Waals surface area contributed by atoms with Crippen molar-refractivity contribution in [2.45, 2.75) is 20.1 Å². The third kappa shape index (κ3) is 1.86. The topological polar surface area (TPSA) is 63.6 Å². The standard InChI is InChI=1S/C10H11FN4O/c1-6-3-9(16)10(14-13-6)8-4-12-15(5-8)7(2)11/h3-5,7H,1-2H3,(H,13,16). The van der Waals surface area contributed by atoms with Crippen molar-refractivity contribution >= 4 is 0 Å². The number of aryl methyl sites for hydroxylation is 1. The molecule has 2 aromatic heterocycles. The molecule has 0 aliphatic rings. The summed E-state index contributed by atoms with van der Waals surface area (Å²) >= 11 is 0. The number of H-pyrrole nitrogens is 1. The van der Waals surface area contributed by atoms with Crippen LogP contribution in [0.4, 0.5) is 4.39 Å². The molecule has 84 valence electrons. The van der Waals surface area contributed by atoms with Crippen LogP contribution < -0.4 is 5.43 Å². The largest absolute Gasteiger partial charge is 0.287 e. The number of hydrogen-bond donors (Lipinski definition) is 1. The fraction of sp³-hybridized carbons (Fsp3) is 0.300. The Morgan fingerprint density at radius 2 is 2.31 bits per heavy atom. The number of rotatable bonds is 2. The average Bonchev–Trinajstić information content (AvgIpc) is 2.66. The van der Waals surface area contributed by atoms with Crippen molar-refractivity contribution < 1.29 is 4.39 Å². The third-order valence-corrected chi connectivity index (χ3v) is 2.16. The van der Waals surface area contributed by atoms with Gasteiger partial charge in [0.05, 0.1) is 6.20 Å². The number of hydrogen-bond acceptors (Lipinski definition) is 3. The summed E-state index contributed by atoms with van der Waals surface area (Å²) in [6, 6.07) is 1.44. The van der Waals surface area contributed by atoms with Gasteiger partial charge in [0, 0.05) is 23.5 Å². The first-order chi connectivity index (χ1) is 7.58. The molecular weight excluding hydrogens is 211 g/mol. The van der Waals surface area contributed by atoms with Gasteiger partial charge in [-0.15, -0.1) is 0 Å². The Bertz CT molecular complexity index is 558. The van der Waals surface area contributed by atoms with E-state index in [4.69, 9.17) is 0 Å². The van der Waals surface area contributed by atoms with Gasteiger partial charge in [0.15, 0.2) is 6.30 Å². The van der Waals surface area contributed by atoms with Gasteiger partial charge in [-0.2, -0.15) is 10.2 Å². The maximum absolute atomic E-state index is 12.9. The zero-order valence-corrected chi connectivity index (χ0v) is 8.94. The lowest BCUT2D eigenvalue weighted by atomic mass is 10.2. The van der Waals surface area contributed by atoms with E-state index < -0.39 is 6.30 Å². The normalized spacial score (nSPS) is 12.7. The first-order valence-corrected chi connectivity index (χ1v) is 4.83. The molecule has 0 amide bonds. The Hall–Kier alpha value is -1.98. The fourth-order valence-corrected chi connectivity index (χ4v) is 1.36. The molecule has 0 aromatic carbocycles. The van der Waals surface area contributed by atoms with Crippen molar-refractivity contribution in [1.29, 1.82) is 0 Å². The van der Waals surface area contributed by atoms with E-state index in [1.54, 1.807) is 6.92 Å². The summed E-state index contributed by atoms with van der Waals surface area (Å²) in [7, 11) is 0. The second-order valence-electron chi connectivity index (χ2n) is 3.55. The van der Waals surface area contributed by atoms with Crippen LogP contribution in [0.5, 0.6) is 0 Å². The van der Waals surface area contributed by atoms with Crippen molar-refractivity contribution in [3.63, 3.8) is 0 Å². The average molecular weight is 222 g/mol. The van der Waals surface area contributed by atoms with Gasteiger partial charge < -0.3 is 0 Å². The molecule has 1 unspecified atom stereocenters. The van der Waals surface area contributed by atoms with Gasteiger partial charge in [0.2, 0.25) is 5.43 Å². The summed E-state index contributed by atoms with van der Waals surface area (Å²) in [6.45, 7) is 3.11. The maximum Gasteiger partial charge on any atom is 0.208 e. The van der Waals surface area contributed by atoms with Crippen LogP contribution in [0.1, 0.15) is 18.9 Å². The first-order valence-electron chi connectivity index (χ1n) is 4.83. The Balaban J connectivity index is 2.47. The number of aromatic amines is 1. The highest BCUT2D eigenvalue weighted by atomic mass is 19.1. The minimum absolute atomic E-state index is 0.206. The van der Waals surface area contributed by atoms with Crippen molar-refractivity contribution in [1.82, 2.24) is 20.0 Å². The maximum atomic E-state index is 12.9. The molecule has 0 fully saturated rings. The van der Waals surface area contributed by atoms with Crippen LogP contribution in [-0.4, -0.2) is 20.0 Å². The molecule has 16 heavy (non-hydrogen) atoms. The second kappa shape index (κ2) is 3.88. The fourth-order valence-electron chi connectivity index (χ4n) is 1.36. The Labute approximate surface area is 90.9 Å². The van der Waals surface area contributed by atoms with E-state index in [-0.39, 0.29) is 11.1 Å². The number of alkyl halides is 1. The Morgan fingerprint density at radius 3 is 2.88 bits per heavy atom. The zero-order valence-electron chi connectivity index (χ0n) is 8.94. The van der Waals surface area contributed by atoms with E-state index in [0.717, 1.165) is 4.68 Å². The molecule has 2 heterocycles. The number of halogens is 1. The van der Waals surface area contributed by atoms with Crippen LogP contribution in [0.3, 0.4) is 0 Å². The smallest absolute Gasteiger partial charge is 0.208 e. The second-order valence-corrected chi connectivity index (χ2v) is 3.55. The van der Waals surface area contributed by atoms with Crippen molar-refractivity contribution in [2.24, 2.45) is 0 Å². The van der Waals surface area contributed by atoms with Crippen LogP contribution in [0.15, 0.2) is 23.3 Å². The summed E-state index contributed by atoms with van der Waals surface area (Å²) < 4.78 is 14.1. The van der Waals surface area contributed by atoms with Crippen LogP contribution in [0, 0.1) is 6.92 Å². The summed E-state index contributed by atoms with van der Waals surface area (Å²) in [4.78, 5) is 11.6. The lowest BCUT2D eigenvalue weighted by Gasteiger charge is -1.99. The van der Waals surface area contributed by atoms with E-state index in [1.165, 1.54) is 25.4 Å². The molecule has 0 spiro atoms. The predicted octanol–water partition coefficient (Wildman–Crippen LogP) is 1.43. The van der Waals surface area contributed by atoms with Gasteiger partial charge in [0.25, 0.3) is 0 Å². The van der Waals surface area contributed by atoms with Gasteiger partial charge in [-0.25, -0.2) is 9.07 Å². The number of nitrogens with zero attached hydrogens (tertiary/aromatic N) is 3. The molecule has 1 N–H and O–H groups in total. The summed E-state index contributed by atoms with van der Waals surface area (Å²) in [5, 5.41) is 10.4. The molecule has 5 nitrogen and oxygen atoms in total. The molecule has 0 aliphatic heterocycles. The molecule has 0 radical (unpaired) electrons. The van der Waals surface area contributed by atoms with Gasteiger partial charge >= 0.3 is 0 Å². The quantitative estimate of drug-likeness (QED) is 0.836. The molecule has 1 atom stereocenters. The van der Waals surface area contributed by atoms with E-state index in [9.17, 15) is 9.18 Å². The van der Waals surface area contributed by atoms with Crippen LogP contribution in [-0.2, 0) is 0 Å². The molecule has 6 heteroatoms. The molecule has 0 aliphatic carbocycles. The molecule has 2 rings (SSSR count). The minimum atomic E-state index is -1.22. The summed E-state index contributed by atoms with van der Waals surface area (Å²) in [6.07, 6.45) is 1.65. The van der Waals surface area contributed by atoms with E-state index in [1.807, 2.05) is 0 Å². The predicted molar refractivity (Wildman–Crippen MR) is 56.6 cm³/mol. The van der Waals surface area contributed by atoms with E-state index >= 15 is 0 Å². The molecule has 2 aromatic rings. The highest BCUT2D eigenvalue weighted by molar-refractivity contribution is 5.55. The number of aromatic nitrogens is 4. The van der Waals surface area contributed by atoms with Crippen molar-refractivity contribution in [3.8, 4) is 11.3 Å². The van der Waals surface area contributed by atoms with Gasteiger partial charge in [-0.05, 0) is 13.8 Å². The third-order valence-electron chi connectivity index (χ3n) is 2.16. The Kier molecular flexibility index (Phi) is 2.55. The lowest BCUT2D eigenvalue weighted by Crippen LogP contribution is -2.08. The van der Waals surface area contributed by atoms with Crippen molar-refractivity contribution in [2.75, 3.05) is 0 Å². The highest BCUT2D eigenvalue weighted by Gasteiger charge is 2.10. The van der Waals surface area contributed by atoms with Crippen LogP contribution in [0.25, 0.3) is 11.3 Å². The monoisotopic (exact) mass is 222 g/mol. The minimum Gasteiger partial charge on any atom is -0.287 e. The SMILES string of the molecule is Cc1cc(=O)c(-c2cnn(C(C)F)c2)n[nH]1. The lowest BCUT2D eigenvalue weighted by molar-refractivity contribution is 0.245. The van der Waals surface area contributed by atoms with Crippen LogP contribution >= 0.6 is 0 Å². The molecular formula is C10H11FN4O. The van der Waals surface area contributed by atoms with Crippen molar-refractivity contribution in [3.05, 3.63) is 34.4 Å². The van der Waals surface area contributed by atoms with Gasteiger partial charge in [-0.1, -0.05) is 0 Å². The molecule has 0 saturated heterocycles. The highest BCUT2D eigenvalue weighted by Crippen LogP contribution is 2.14. The van der Waals surface area contributed by atoms with Crippen LogP contribution in [0.2, 0.25) is 0 Å². The number of nitrogens with one attached hydrogen (secondary N) is 1. The Morgan fingerprint density at radius 1 is 1.56 bits per heavy atom.